The average molecular weight is 338 g/mol. The molecule has 1 aromatic heterocycles. The van der Waals surface area contributed by atoms with E-state index in [4.69, 9.17) is 5.14 Å². The van der Waals surface area contributed by atoms with Crippen molar-refractivity contribution in [2.45, 2.75) is 38.8 Å². The second kappa shape index (κ2) is 6.28. The van der Waals surface area contributed by atoms with Gasteiger partial charge in [-0.1, -0.05) is 24.6 Å². The maximum atomic E-state index is 11.5. The Kier molecular flexibility index (Phi) is 4.54. The Hall–Kier alpha value is -0.950. The molecular weight excluding hydrogens is 316 g/mol. The minimum absolute atomic E-state index is 0.0494. The van der Waals surface area contributed by atoms with Crippen LogP contribution in [0.25, 0.3) is 10.1 Å². The molecule has 6 heteroatoms. The Labute approximate surface area is 136 Å². The standard InChI is InChI=1S/C16H22N2O2S2/c1-12-14-7-2-3-8-15(14)21-16(12)10-18-9-5-4-6-13(18)11-22(17,19)20/h2-3,7-8,13H,4-6,9-11H2,1H3,(H2,17,19,20). The Morgan fingerprint density at radius 1 is 1.32 bits per heavy atom. The highest BCUT2D eigenvalue weighted by atomic mass is 32.2. The van der Waals surface area contributed by atoms with E-state index in [-0.39, 0.29) is 11.8 Å². The van der Waals surface area contributed by atoms with E-state index in [1.165, 1.54) is 20.5 Å². The van der Waals surface area contributed by atoms with Crippen LogP contribution in [0.2, 0.25) is 0 Å². The maximum Gasteiger partial charge on any atom is 0.210 e. The van der Waals surface area contributed by atoms with Crippen molar-refractivity contribution in [3.8, 4) is 0 Å². The van der Waals surface area contributed by atoms with E-state index in [1.807, 2.05) is 11.3 Å². The molecule has 0 amide bonds. The molecule has 0 bridgehead atoms. The number of sulfonamides is 1. The maximum absolute atomic E-state index is 11.5. The Bertz CT molecular complexity index is 768. The van der Waals surface area contributed by atoms with E-state index in [1.54, 1.807) is 0 Å². The molecule has 22 heavy (non-hydrogen) atoms. The van der Waals surface area contributed by atoms with Gasteiger partial charge in [-0.2, -0.15) is 0 Å². The van der Waals surface area contributed by atoms with Crippen LogP contribution in [-0.2, 0) is 16.6 Å². The van der Waals surface area contributed by atoms with E-state index in [0.717, 1.165) is 32.4 Å². The van der Waals surface area contributed by atoms with Gasteiger partial charge in [-0.15, -0.1) is 11.3 Å². The quantitative estimate of drug-likeness (QED) is 0.932. The van der Waals surface area contributed by atoms with Crippen LogP contribution >= 0.6 is 11.3 Å². The van der Waals surface area contributed by atoms with Gasteiger partial charge in [-0.05, 0) is 43.3 Å². The van der Waals surface area contributed by atoms with E-state index in [2.05, 4.69) is 36.1 Å². The molecule has 1 aliphatic rings. The van der Waals surface area contributed by atoms with Crippen LogP contribution in [-0.4, -0.2) is 31.7 Å². The van der Waals surface area contributed by atoms with Crippen LogP contribution in [0, 0.1) is 6.92 Å². The van der Waals surface area contributed by atoms with Gasteiger partial charge in [0.25, 0.3) is 0 Å². The number of nitrogens with zero attached hydrogens (tertiary/aromatic N) is 1. The van der Waals surface area contributed by atoms with Gasteiger partial charge in [0, 0.05) is 22.2 Å². The normalized spacial score (nSPS) is 20.5. The number of benzene rings is 1. The van der Waals surface area contributed by atoms with Gasteiger partial charge >= 0.3 is 0 Å². The minimum Gasteiger partial charge on any atom is -0.294 e. The fourth-order valence-corrected chi connectivity index (χ4v) is 5.44. The lowest BCUT2D eigenvalue weighted by molar-refractivity contribution is 0.155. The van der Waals surface area contributed by atoms with Crippen molar-refractivity contribution in [1.29, 1.82) is 0 Å². The Morgan fingerprint density at radius 3 is 2.82 bits per heavy atom. The third-order valence-corrected chi connectivity index (χ3v) is 6.57. The average Bonchev–Trinajstić information content (AvgIpc) is 2.77. The predicted molar refractivity (Wildman–Crippen MR) is 92.6 cm³/mol. The number of hydrogen-bond donors (Lipinski definition) is 1. The number of aryl methyl sites for hydroxylation is 1. The van der Waals surface area contributed by atoms with Crippen LogP contribution in [0.5, 0.6) is 0 Å². The lowest BCUT2D eigenvalue weighted by atomic mass is 10.0. The molecular formula is C16H22N2O2S2. The van der Waals surface area contributed by atoms with Crippen molar-refractivity contribution >= 4 is 31.4 Å². The molecule has 1 unspecified atom stereocenters. The van der Waals surface area contributed by atoms with Crippen molar-refractivity contribution in [2.24, 2.45) is 5.14 Å². The summed E-state index contributed by atoms with van der Waals surface area (Å²) in [5.41, 5.74) is 1.32. The van der Waals surface area contributed by atoms with Gasteiger partial charge in [0.1, 0.15) is 0 Å². The number of nitrogens with two attached hydrogens (primary N) is 1. The summed E-state index contributed by atoms with van der Waals surface area (Å²) in [4.78, 5) is 3.63. The molecule has 2 N–H and O–H groups in total. The second-order valence-electron chi connectivity index (χ2n) is 6.10. The second-order valence-corrected chi connectivity index (χ2v) is 8.89. The fourth-order valence-electron chi connectivity index (χ4n) is 3.29. The number of likely N-dealkylation sites (tertiary alicyclic amines) is 1. The summed E-state index contributed by atoms with van der Waals surface area (Å²) in [5, 5.41) is 6.57. The summed E-state index contributed by atoms with van der Waals surface area (Å²) < 4.78 is 24.2. The van der Waals surface area contributed by atoms with Gasteiger partial charge in [0.15, 0.2) is 0 Å². The summed E-state index contributed by atoms with van der Waals surface area (Å²) in [5.74, 6) is 0.0664. The Balaban J connectivity index is 1.84. The van der Waals surface area contributed by atoms with Crippen molar-refractivity contribution < 1.29 is 8.42 Å². The third-order valence-electron chi connectivity index (χ3n) is 4.46. The lowest BCUT2D eigenvalue weighted by Gasteiger charge is -2.35. The molecule has 1 aromatic carbocycles. The van der Waals surface area contributed by atoms with Crippen molar-refractivity contribution in [3.63, 3.8) is 0 Å². The molecule has 1 aliphatic heterocycles. The smallest absolute Gasteiger partial charge is 0.210 e. The zero-order valence-electron chi connectivity index (χ0n) is 12.8. The molecule has 0 spiro atoms. The van der Waals surface area contributed by atoms with Crippen LogP contribution in [0.4, 0.5) is 0 Å². The van der Waals surface area contributed by atoms with Gasteiger partial charge in [-0.3, -0.25) is 4.90 Å². The molecule has 120 valence electrons. The molecule has 0 radical (unpaired) electrons. The highest BCUT2D eigenvalue weighted by Crippen LogP contribution is 2.32. The molecule has 4 nitrogen and oxygen atoms in total. The van der Waals surface area contributed by atoms with Gasteiger partial charge < -0.3 is 0 Å². The zero-order valence-corrected chi connectivity index (χ0v) is 14.4. The molecule has 0 saturated carbocycles. The van der Waals surface area contributed by atoms with Crippen molar-refractivity contribution in [1.82, 2.24) is 4.90 Å². The summed E-state index contributed by atoms with van der Waals surface area (Å²) in [6.45, 7) is 3.94. The first kappa shape index (κ1) is 15.9. The summed E-state index contributed by atoms with van der Waals surface area (Å²) >= 11 is 1.82. The monoisotopic (exact) mass is 338 g/mol. The first-order chi connectivity index (χ1) is 10.4. The molecule has 3 rings (SSSR count). The first-order valence-corrected chi connectivity index (χ1v) is 10.2. The first-order valence-electron chi connectivity index (χ1n) is 7.65. The van der Waals surface area contributed by atoms with E-state index < -0.39 is 10.0 Å². The zero-order chi connectivity index (χ0) is 15.7. The molecule has 1 saturated heterocycles. The number of thiophene rings is 1. The van der Waals surface area contributed by atoms with Gasteiger partial charge in [-0.25, -0.2) is 13.6 Å². The molecule has 0 aliphatic carbocycles. The minimum atomic E-state index is -3.42. The molecule has 2 heterocycles. The number of fused-ring (bicyclic) bond motifs is 1. The van der Waals surface area contributed by atoms with Crippen LogP contribution in [0.15, 0.2) is 24.3 Å². The summed E-state index contributed by atoms with van der Waals surface area (Å²) in [6.07, 6.45) is 3.13. The topological polar surface area (TPSA) is 63.4 Å². The Morgan fingerprint density at radius 2 is 2.09 bits per heavy atom. The SMILES string of the molecule is Cc1c(CN2CCCCC2CS(N)(=O)=O)sc2ccccc12. The number of piperidine rings is 1. The van der Waals surface area contributed by atoms with Crippen LogP contribution in [0.3, 0.4) is 0 Å². The van der Waals surface area contributed by atoms with Crippen molar-refractivity contribution in [2.75, 3.05) is 12.3 Å². The van der Waals surface area contributed by atoms with Crippen LogP contribution in [0.1, 0.15) is 29.7 Å². The largest absolute Gasteiger partial charge is 0.294 e. The van der Waals surface area contributed by atoms with E-state index in [0.29, 0.717) is 0 Å². The fraction of sp³-hybridized carbons (Fsp3) is 0.500. The predicted octanol–water partition coefficient (Wildman–Crippen LogP) is 2.85. The number of hydrogen-bond acceptors (Lipinski definition) is 4. The number of primary sulfonamides is 1. The molecule has 1 atom stereocenters. The van der Waals surface area contributed by atoms with E-state index >= 15 is 0 Å². The molecule has 1 fully saturated rings. The van der Waals surface area contributed by atoms with E-state index in [9.17, 15) is 8.42 Å². The third kappa shape index (κ3) is 3.51. The van der Waals surface area contributed by atoms with Gasteiger partial charge in [0.05, 0.1) is 5.75 Å². The number of rotatable bonds is 4. The lowest BCUT2D eigenvalue weighted by Crippen LogP contribution is -2.44. The van der Waals surface area contributed by atoms with Crippen LogP contribution < -0.4 is 5.14 Å². The van der Waals surface area contributed by atoms with Crippen molar-refractivity contribution in [3.05, 3.63) is 34.7 Å². The highest BCUT2D eigenvalue weighted by Gasteiger charge is 2.27. The summed E-state index contributed by atoms with van der Waals surface area (Å²) in [7, 11) is -3.42. The highest BCUT2D eigenvalue weighted by molar-refractivity contribution is 7.89. The summed E-state index contributed by atoms with van der Waals surface area (Å²) in [6, 6.07) is 8.48. The molecule has 2 aromatic rings. The van der Waals surface area contributed by atoms with Gasteiger partial charge in [0.2, 0.25) is 10.0 Å².